The Morgan fingerprint density at radius 3 is 2.24 bits per heavy atom. The molecule has 0 saturated heterocycles. The number of aromatic nitrogens is 1. The highest BCUT2D eigenvalue weighted by Crippen LogP contribution is 2.31. The molecule has 0 spiro atoms. The minimum atomic E-state index is -1.27. The van der Waals surface area contributed by atoms with Crippen LogP contribution in [0.5, 0.6) is 0 Å². The lowest BCUT2D eigenvalue weighted by atomic mass is 9.96. The number of carbonyl (C=O) groups is 4. The Morgan fingerprint density at radius 2 is 1.55 bits per heavy atom. The Labute approximate surface area is 218 Å². The highest BCUT2D eigenvalue weighted by molar-refractivity contribution is 6.23. The van der Waals surface area contributed by atoms with E-state index < -0.39 is 29.7 Å². The van der Waals surface area contributed by atoms with Gasteiger partial charge in [-0.1, -0.05) is 60.7 Å². The molecule has 1 aromatic heterocycles. The van der Waals surface area contributed by atoms with Gasteiger partial charge in [0.05, 0.1) is 29.4 Å². The zero-order valence-corrected chi connectivity index (χ0v) is 20.5. The largest absolute Gasteiger partial charge is 0.466 e. The number of amides is 3. The molecule has 8 nitrogen and oxygen atoms in total. The number of pyridine rings is 1. The van der Waals surface area contributed by atoms with Crippen molar-refractivity contribution < 1.29 is 23.9 Å². The van der Waals surface area contributed by atoms with Crippen LogP contribution in [0.15, 0.2) is 97.2 Å². The lowest BCUT2D eigenvalue weighted by Crippen LogP contribution is -2.47. The Morgan fingerprint density at radius 1 is 0.895 bits per heavy atom. The van der Waals surface area contributed by atoms with Gasteiger partial charge in [0, 0.05) is 24.1 Å². The third kappa shape index (κ3) is 4.67. The maximum absolute atomic E-state index is 13.9. The number of anilines is 1. The number of carbonyl (C=O) groups excluding carboxylic acids is 4. The van der Waals surface area contributed by atoms with Crippen molar-refractivity contribution in [2.75, 3.05) is 12.4 Å². The number of nitrogens with zero attached hydrogens (tertiary/aromatic N) is 2. The number of hydrogen-bond donors (Lipinski definition) is 1. The van der Waals surface area contributed by atoms with Gasteiger partial charge in [-0.25, -0.2) is 4.79 Å². The van der Waals surface area contributed by atoms with Gasteiger partial charge in [0.1, 0.15) is 6.04 Å². The SMILES string of the molecule is COC(=O)/C=C(/C[C@@H](C(=O)Nc1cccc2cccnc12)N1C(=O)c2ccccc2C1=O)c1ccccc1. The second-order valence-electron chi connectivity index (χ2n) is 8.67. The summed E-state index contributed by atoms with van der Waals surface area (Å²) in [5, 5.41) is 3.68. The maximum Gasteiger partial charge on any atom is 0.330 e. The molecular formula is C30H23N3O5. The predicted molar refractivity (Wildman–Crippen MR) is 142 cm³/mol. The second-order valence-corrected chi connectivity index (χ2v) is 8.67. The highest BCUT2D eigenvalue weighted by Gasteiger charge is 2.43. The summed E-state index contributed by atoms with van der Waals surface area (Å²) in [4.78, 5) is 58.3. The molecule has 0 unspecified atom stereocenters. The predicted octanol–water partition coefficient (Wildman–Crippen LogP) is 4.48. The van der Waals surface area contributed by atoms with Gasteiger partial charge in [-0.2, -0.15) is 0 Å². The van der Waals surface area contributed by atoms with E-state index in [1.165, 1.54) is 13.2 Å². The molecule has 0 saturated carbocycles. The Balaban J connectivity index is 1.58. The zero-order valence-electron chi connectivity index (χ0n) is 20.5. The van der Waals surface area contributed by atoms with Gasteiger partial charge in [-0.05, 0) is 35.4 Å². The molecule has 1 atom stereocenters. The van der Waals surface area contributed by atoms with Crippen LogP contribution >= 0.6 is 0 Å². The molecule has 0 fully saturated rings. The standard InChI is InChI=1S/C30H23N3O5/c1-38-26(34)18-21(19-9-3-2-4-10-19)17-25(33-29(36)22-13-5-6-14-23(22)30(33)37)28(35)32-24-15-7-11-20-12-8-16-31-27(20)24/h2-16,18,25H,17H2,1H3,(H,32,35)/b21-18-/t25-/m0/s1. The number of esters is 1. The Hall–Kier alpha value is -5.11. The van der Waals surface area contributed by atoms with E-state index in [9.17, 15) is 19.2 Å². The van der Waals surface area contributed by atoms with Gasteiger partial charge >= 0.3 is 5.97 Å². The maximum atomic E-state index is 13.9. The van der Waals surface area contributed by atoms with Crippen LogP contribution in [0, 0.1) is 0 Å². The first-order valence-electron chi connectivity index (χ1n) is 11.9. The van der Waals surface area contributed by atoms with Gasteiger partial charge in [0.15, 0.2) is 0 Å². The molecule has 1 aliphatic heterocycles. The fourth-order valence-corrected chi connectivity index (χ4v) is 4.54. The number of nitrogens with one attached hydrogen (secondary N) is 1. The molecule has 188 valence electrons. The van der Waals surface area contributed by atoms with Gasteiger partial charge < -0.3 is 10.1 Å². The van der Waals surface area contributed by atoms with E-state index in [-0.39, 0.29) is 17.5 Å². The highest BCUT2D eigenvalue weighted by atomic mass is 16.5. The summed E-state index contributed by atoms with van der Waals surface area (Å²) in [5.41, 5.74) is 2.54. The minimum absolute atomic E-state index is 0.116. The Bertz CT molecular complexity index is 1560. The summed E-state index contributed by atoms with van der Waals surface area (Å²) in [6.07, 6.45) is 2.77. The third-order valence-electron chi connectivity index (χ3n) is 6.38. The molecule has 4 aromatic rings. The van der Waals surface area contributed by atoms with Crippen molar-refractivity contribution in [3.05, 3.63) is 114 Å². The zero-order chi connectivity index (χ0) is 26.6. The summed E-state index contributed by atoms with van der Waals surface area (Å²) < 4.78 is 4.83. The normalized spacial score (nSPS) is 13.8. The summed E-state index contributed by atoms with van der Waals surface area (Å²) in [7, 11) is 1.25. The van der Waals surface area contributed by atoms with Gasteiger partial charge in [0.25, 0.3) is 11.8 Å². The van der Waals surface area contributed by atoms with Crippen LogP contribution in [0.4, 0.5) is 5.69 Å². The molecular weight excluding hydrogens is 482 g/mol. The van der Waals surface area contributed by atoms with Crippen molar-refractivity contribution in [2.24, 2.45) is 0 Å². The smallest absolute Gasteiger partial charge is 0.330 e. The summed E-state index contributed by atoms with van der Waals surface area (Å²) in [5.74, 6) is -2.37. The molecule has 3 aromatic carbocycles. The summed E-state index contributed by atoms with van der Waals surface area (Å²) >= 11 is 0. The monoisotopic (exact) mass is 505 g/mol. The lowest BCUT2D eigenvalue weighted by Gasteiger charge is -2.26. The topological polar surface area (TPSA) is 106 Å². The van der Waals surface area contributed by atoms with E-state index in [4.69, 9.17) is 4.74 Å². The molecule has 8 heteroatoms. The van der Waals surface area contributed by atoms with Crippen LogP contribution in [-0.2, 0) is 14.3 Å². The first kappa shape index (κ1) is 24.6. The number of rotatable bonds is 7. The molecule has 3 amide bonds. The van der Waals surface area contributed by atoms with E-state index >= 15 is 0 Å². The van der Waals surface area contributed by atoms with Crippen molar-refractivity contribution in [3.63, 3.8) is 0 Å². The molecule has 0 bridgehead atoms. The van der Waals surface area contributed by atoms with Crippen LogP contribution < -0.4 is 5.32 Å². The number of fused-ring (bicyclic) bond motifs is 2. The van der Waals surface area contributed by atoms with Gasteiger partial charge in [-0.3, -0.25) is 24.3 Å². The molecule has 1 aliphatic rings. The minimum Gasteiger partial charge on any atom is -0.466 e. The second kappa shape index (κ2) is 10.5. The van der Waals surface area contributed by atoms with E-state index in [2.05, 4.69) is 10.3 Å². The fraction of sp³-hybridized carbons (Fsp3) is 0.100. The molecule has 38 heavy (non-hydrogen) atoms. The molecule has 0 radical (unpaired) electrons. The molecule has 2 heterocycles. The number of hydrogen-bond acceptors (Lipinski definition) is 6. The number of benzene rings is 3. The first-order valence-corrected chi connectivity index (χ1v) is 11.9. The first-order chi connectivity index (χ1) is 18.5. The fourth-order valence-electron chi connectivity index (χ4n) is 4.54. The third-order valence-corrected chi connectivity index (χ3v) is 6.38. The van der Waals surface area contributed by atoms with E-state index in [1.807, 2.05) is 18.2 Å². The number of imide groups is 1. The van der Waals surface area contributed by atoms with Crippen LogP contribution in [0.2, 0.25) is 0 Å². The van der Waals surface area contributed by atoms with Crippen molar-refractivity contribution >= 4 is 45.9 Å². The number of ether oxygens (including phenoxy) is 1. The van der Waals surface area contributed by atoms with Crippen LogP contribution in [0.25, 0.3) is 16.5 Å². The number of para-hydroxylation sites is 1. The van der Waals surface area contributed by atoms with Crippen LogP contribution in [-0.4, -0.2) is 46.7 Å². The van der Waals surface area contributed by atoms with Gasteiger partial charge in [-0.15, -0.1) is 0 Å². The average molecular weight is 506 g/mol. The Kier molecular flexibility index (Phi) is 6.78. The molecule has 1 N–H and O–H groups in total. The van der Waals surface area contributed by atoms with E-state index in [1.54, 1.807) is 72.9 Å². The summed E-state index contributed by atoms with van der Waals surface area (Å²) in [6, 6.07) is 23.1. The van der Waals surface area contributed by atoms with Crippen molar-refractivity contribution in [2.45, 2.75) is 12.5 Å². The van der Waals surface area contributed by atoms with Crippen LogP contribution in [0.1, 0.15) is 32.7 Å². The van der Waals surface area contributed by atoms with Crippen molar-refractivity contribution in [1.82, 2.24) is 9.88 Å². The van der Waals surface area contributed by atoms with Crippen LogP contribution in [0.3, 0.4) is 0 Å². The number of methoxy groups -OCH3 is 1. The van der Waals surface area contributed by atoms with Crippen molar-refractivity contribution in [3.8, 4) is 0 Å². The average Bonchev–Trinajstić information content (AvgIpc) is 3.21. The van der Waals surface area contributed by atoms with Gasteiger partial charge in [0.2, 0.25) is 5.91 Å². The van der Waals surface area contributed by atoms with Crippen molar-refractivity contribution in [1.29, 1.82) is 0 Å². The lowest BCUT2D eigenvalue weighted by molar-refractivity contribution is -0.134. The molecule has 0 aliphatic carbocycles. The van der Waals surface area contributed by atoms with E-state index in [0.29, 0.717) is 22.3 Å². The quantitative estimate of drug-likeness (QED) is 0.226. The summed E-state index contributed by atoms with van der Waals surface area (Å²) in [6.45, 7) is 0. The van der Waals surface area contributed by atoms with E-state index in [0.717, 1.165) is 10.3 Å². The molecule has 5 rings (SSSR count).